The first-order chi connectivity index (χ1) is 9.58. The molecule has 0 aliphatic carbocycles. The molecule has 0 atom stereocenters. The lowest BCUT2D eigenvalue weighted by atomic mass is 10.1. The van der Waals surface area contributed by atoms with Crippen LogP contribution in [0, 0.1) is 13.8 Å². The minimum absolute atomic E-state index is 0.379. The Labute approximate surface area is 124 Å². The molecule has 0 aliphatic heterocycles. The van der Waals surface area contributed by atoms with Gasteiger partial charge in [0.15, 0.2) is 0 Å². The highest BCUT2D eigenvalue weighted by molar-refractivity contribution is 7.80. The van der Waals surface area contributed by atoms with Crippen molar-refractivity contribution in [3.8, 4) is 0 Å². The van der Waals surface area contributed by atoms with E-state index < -0.39 is 0 Å². The van der Waals surface area contributed by atoms with Gasteiger partial charge in [-0.05, 0) is 32.4 Å². The molecular formula is C14H19N5S. The maximum Gasteiger partial charge on any atom is 0.107 e. The van der Waals surface area contributed by atoms with Gasteiger partial charge in [-0.3, -0.25) is 9.67 Å². The van der Waals surface area contributed by atoms with Crippen molar-refractivity contribution in [1.82, 2.24) is 14.8 Å². The summed E-state index contributed by atoms with van der Waals surface area (Å²) in [5.41, 5.74) is 9.41. The lowest BCUT2D eigenvalue weighted by Gasteiger charge is -2.14. The maximum absolute atomic E-state index is 5.78. The molecule has 0 spiro atoms. The summed E-state index contributed by atoms with van der Waals surface area (Å²) < 4.78 is 1.92. The summed E-state index contributed by atoms with van der Waals surface area (Å²) >= 11 is 5.11. The van der Waals surface area contributed by atoms with Crippen molar-refractivity contribution in [2.24, 2.45) is 5.73 Å². The van der Waals surface area contributed by atoms with E-state index in [2.05, 4.69) is 15.4 Å². The van der Waals surface area contributed by atoms with Crippen LogP contribution in [0.3, 0.4) is 0 Å². The third-order valence-corrected chi connectivity index (χ3v) is 3.22. The number of pyridine rings is 1. The van der Waals surface area contributed by atoms with E-state index >= 15 is 0 Å². The van der Waals surface area contributed by atoms with Crippen molar-refractivity contribution < 1.29 is 0 Å². The molecule has 0 radical (unpaired) electrons. The Balaban J connectivity index is 1.99. The van der Waals surface area contributed by atoms with Crippen molar-refractivity contribution in [2.75, 3.05) is 11.9 Å². The molecule has 20 heavy (non-hydrogen) atoms. The summed E-state index contributed by atoms with van der Waals surface area (Å²) in [6, 6.07) is 3.91. The highest BCUT2D eigenvalue weighted by atomic mass is 32.1. The monoisotopic (exact) mass is 289 g/mol. The summed E-state index contributed by atoms with van der Waals surface area (Å²) in [6.07, 6.45) is 4.72. The second-order valence-electron chi connectivity index (χ2n) is 4.69. The number of rotatable bonds is 6. The van der Waals surface area contributed by atoms with Gasteiger partial charge in [-0.1, -0.05) is 12.2 Å². The van der Waals surface area contributed by atoms with Crippen molar-refractivity contribution in [3.63, 3.8) is 0 Å². The number of hydrogen-bond acceptors (Lipinski definition) is 4. The van der Waals surface area contributed by atoms with Gasteiger partial charge >= 0.3 is 0 Å². The Hall–Kier alpha value is -1.95. The average Bonchev–Trinajstić information content (AvgIpc) is 2.86. The third kappa shape index (κ3) is 3.54. The van der Waals surface area contributed by atoms with E-state index in [1.165, 1.54) is 0 Å². The van der Waals surface area contributed by atoms with Crippen LogP contribution in [0.25, 0.3) is 0 Å². The Morgan fingerprint density at radius 1 is 1.45 bits per heavy atom. The number of nitrogens with zero attached hydrogens (tertiary/aromatic N) is 3. The quantitative estimate of drug-likeness (QED) is 0.629. The van der Waals surface area contributed by atoms with Crippen LogP contribution in [-0.4, -0.2) is 26.3 Å². The van der Waals surface area contributed by atoms with Gasteiger partial charge in [0.2, 0.25) is 0 Å². The summed E-state index contributed by atoms with van der Waals surface area (Å²) in [6.45, 7) is 5.60. The predicted molar refractivity (Wildman–Crippen MR) is 84.9 cm³/mol. The zero-order valence-electron chi connectivity index (χ0n) is 11.8. The van der Waals surface area contributed by atoms with E-state index in [1.807, 2.05) is 36.9 Å². The molecule has 2 rings (SSSR count). The molecule has 2 aromatic rings. The molecule has 2 heterocycles. The average molecular weight is 289 g/mol. The molecule has 0 saturated carbocycles. The molecule has 0 fully saturated rings. The first kappa shape index (κ1) is 14.5. The molecular weight excluding hydrogens is 270 g/mol. The minimum atomic E-state index is 0.379. The largest absolute Gasteiger partial charge is 0.389 e. The van der Waals surface area contributed by atoms with E-state index in [9.17, 15) is 0 Å². The van der Waals surface area contributed by atoms with Crippen molar-refractivity contribution in [2.45, 2.75) is 26.8 Å². The van der Waals surface area contributed by atoms with Gasteiger partial charge in [-0.25, -0.2) is 0 Å². The third-order valence-electron chi connectivity index (χ3n) is 3.01. The van der Waals surface area contributed by atoms with Crippen LogP contribution in [0.2, 0.25) is 0 Å². The minimum Gasteiger partial charge on any atom is -0.389 e. The fourth-order valence-corrected chi connectivity index (χ4v) is 2.43. The van der Waals surface area contributed by atoms with Crippen molar-refractivity contribution >= 4 is 22.9 Å². The Morgan fingerprint density at radius 2 is 2.25 bits per heavy atom. The Morgan fingerprint density at radius 3 is 2.90 bits per heavy atom. The molecule has 3 N–H and O–H groups in total. The van der Waals surface area contributed by atoms with Crippen LogP contribution in [0.4, 0.5) is 5.69 Å². The van der Waals surface area contributed by atoms with Crippen LogP contribution in [0.15, 0.2) is 24.5 Å². The first-order valence-corrected chi connectivity index (χ1v) is 6.98. The number of nitrogens with one attached hydrogen (secondary N) is 1. The lowest BCUT2D eigenvalue weighted by molar-refractivity contribution is 0.592. The molecule has 0 unspecified atom stereocenters. The Kier molecular flexibility index (Phi) is 4.68. The van der Waals surface area contributed by atoms with Gasteiger partial charge in [0.05, 0.1) is 5.56 Å². The van der Waals surface area contributed by atoms with Gasteiger partial charge < -0.3 is 11.1 Å². The molecule has 0 bridgehead atoms. The van der Waals surface area contributed by atoms with Gasteiger partial charge in [0.1, 0.15) is 4.99 Å². The summed E-state index contributed by atoms with van der Waals surface area (Å²) in [5, 5.41) is 7.56. The fourth-order valence-electron chi connectivity index (χ4n) is 2.18. The fraction of sp³-hybridized carbons (Fsp3) is 0.357. The smallest absolute Gasteiger partial charge is 0.107 e. The van der Waals surface area contributed by atoms with E-state index in [0.29, 0.717) is 4.99 Å². The van der Waals surface area contributed by atoms with Gasteiger partial charge in [-0.15, -0.1) is 0 Å². The highest BCUT2D eigenvalue weighted by Crippen LogP contribution is 2.19. The van der Waals surface area contributed by atoms with Gasteiger partial charge in [0, 0.05) is 42.6 Å². The second kappa shape index (κ2) is 6.47. The standard InChI is InChI=1S/C14H19N5S/c1-10-9-12(13(14(15)20)11(2)18-10)16-5-3-7-19-8-4-6-17-19/h4,6,8-9H,3,5,7H2,1-2H3,(H2,15,20)(H,16,18). The highest BCUT2D eigenvalue weighted by Gasteiger charge is 2.10. The second-order valence-corrected chi connectivity index (χ2v) is 5.13. The van der Waals surface area contributed by atoms with Gasteiger partial charge in [0.25, 0.3) is 0 Å². The van der Waals surface area contributed by atoms with Crippen LogP contribution in [0.5, 0.6) is 0 Å². The predicted octanol–water partition coefficient (Wildman–Crippen LogP) is 2.03. The molecule has 0 aliphatic rings. The first-order valence-electron chi connectivity index (χ1n) is 6.57. The van der Waals surface area contributed by atoms with Gasteiger partial charge in [-0.2, -0.15) is 5.10 Å². The van der Waals surface area contributed by atoms with Crippen LogP contribution in [0.1, 0.15) is 23.4 Å². The zero-order chi connectivity index (χ0) is 14.5. The molecule has 2 aromatic heterocycles. The van der Waals surface area contributed by atoms with E-state index in [-0.39, 0.29) is 0 Å². The van der Waals surface area contributed by atoms with Crippen molar-refractivity contribution in [3.05, 3.63) is 41.5 Å². The SMILES string of the molecule is Cc1cc(NCCCn2cccn2)c(C(N)=S)c(C)n1. The lowest BCUT2D eigenvalue weighted by Crippen LogP contribution is -2.17. The van der Waals surface area contributed by atoms with E-state index in [0.717, 1.165) is 42.1 Å². The number of nitrogens with two attached hydrogens (primary N) is 1. The van der Waals surface area contributed by atoms with Crippen LogP contribution in [-0.2, 0) is 6.54 Å². The number of aromatic nitrogens is 3. The van der Waals surface area contributed by atoms with Crippen LogP contribution >= 0.6 is 12.2 Å². The van der Waals surface area contributed by atoms with E-state index in [1.54, 1.807) is 6.20 Å². The number of aryl methyl sites for hydroxylation is 3. The summed E-state index contributed by atoms with van der Waals surface area (Å²) in [4.78, 5) is 4.78. The molecule has 0 saturated heterocycles. The molecule has 5 nitrogen and oxygen atoms in total. The molecule has 0 aromatic carbocycles. The number of anilines is 1. The van der Waals surface area contributed by atoms with E-state index in [4.69, 9.17) is 18.0 Å². The summed E-state index contributed by atoms with van der Waals surface area (Å²) in [5.74, 6) is 0. The maximum atomic E-state index is 5.78. The Bertz CT molecular complexity index is 592. The van der Waals surface area contributed by atoms with Crippen LogP contribution < -0.4 is 11.1 Å². The topological polar surface area (TPSA) is 68.8 Å². The summed E-state index contributed by atoms with van der Waals surface area (Å²) in [7, 11) is 0. The number of thiocarbonyl (C=S) groups is 1. The molecule has 0 amide bonds. The molecule has 6 heteroatoms. The molecule has 106 valence electrons. The zero-order valence-corrected chi connectivity index (χ0v) is 12.6. The normalized spacial score (nSPS) is 10.5. The number of hydrogen-bond donors (Lipinski definition) is 2. The van der Waals surface area contributed by atoms with Crippen molar-refractivity contribution in [1.29, 1.82) is 0 Å².